The van der Waals surface area contributed by atoms with Crippen LogP contribution in [0.15, 0.2) is 0 Å². The zero-order valence-corrected chi connectivity index (χ0v) is 11.7. The molecule has 0 saturated carbocycles. The Bertz CT molecular complexity index is 334. The SMILES string of the molecule is CC(C)(C)C1CC2(OCO2)C(=O)N1C(C)(C)C. The van der Waals surface area contributed by atoms with Gasteiger partial charge in [0.05, 0.1) is 0 Å². The standard InChI is InChI=1S/C13H23NO3/c1-11(2,3)9-7-13(16-8-17-13)10(15)14(9)12(4,5)6/h9H,7-8H2,1-6H3. The van der Waals surface area contributed by atoms with Gasteiger partial charge in [-0.2, -0.15) is 0 Å². The summed E-state index contributed by atoms with van der Waals surface area (Å²) in [6.45, 7) is 12.9. The molecule has 0 aromatic carbocycles. The number of amides is 1. The normalized spacial score (nSPS) is 28.7. The molecule has 2 fully saturated rings. The third-order valence-electron chi connectivity index (χ3n) is 3.62. The van der Waals surface area contributed by atoms with Gasteiger partial charge in [0.25, 0.3) is 11.7 Å². The molecule has 0 aliphatic carbocycles. The molecule has 0 N–H and O–H groups in total. The summed E-state index contributed by atoms with van der Waals surface area (Å²) in [5, 5.41) is 0. The molecule has 4 heteroatoms. The first-order valence-corrected chi connectivity index (χ1v) is 6.20. The molecule has 0 radical (unpaired) electrons. The minimum Gasteiger partial charge on any atom is -0.329 e. The fourth-order valence-electron chi connectivity index (χ4n) is 2.67. The third-order valence-corrected chi connectivity index (χ3v) is 3.62. The Morgan fingerprint density at radius 3 is 1.94 bits per heavy atom. The summed E-state index contributed by atoms with van der Waals surface area (Å²) in [5.74, 6) is -0.998. The van der Waals surface area contributed by atoms with E-state index in [1.165, 1.54) is 0 Å². The third kappa shape index (κ3) is 1.87. The van der Waals surface area contributed by atoms with E-state index in [1.54, 1.807) is 0 Å². The first-order chi connectivity index (χ1) is 7.58. The second-order valence-electron chi connectivity index (χ2n) is 7.09. The molecule has 17 heavy (non-hydrogen) atoms. The summed E-state index contributed by atoms with van der Waals surface area (Å²) in [6.07, 6.45) is 0.632. The number of ether oxygens (including phenoxy) is 2. The number of hydrogen-bond acceptors (Lipinski definition) is 3. The van der Waals surface area contributed by atoms with E-state index in [1.807, 2.05) is 4.90 Å². The molecule has 98 valence electrons. The molecule has 1 unspecified atom stereocenters. The maximum absolute atomic E-state index is 12.5. The first-order valence-electron chi connectivity index (χ1n) is 6.20. The Hall–Kier alpha value is -0.610. The monoisotopic (exact) mass is 241 g/mol. The molecule has 4 nitrogen and oxygen atoms in total. The maximum atomic E-state index is 12.5. The highest BCUT2D eigenvalue weighted by atomic mass is 16.9. The van der Waals surface area contributed by atoms with E-state index in [4.69, 9.17) is 9.47 Å². The minimum atomic E-state index is -0.981. The van der Waals surface area contributed by atoms with Crippen LogP contribution in [0, 0.1) is 5.41 Å². The van der Waals surface area contributed by atoms with Gasteiger partial charge in [0.15, 0.2) is 6.79 Å². The zero-order valence-electron chi connectivity index (χ0n) is 11.7. The van der Waals surface area contributed by atoms with Gasteiger partial charge in [-0.1, -0.05) is 20.8 Å². The number of carbonyl (C=O) groups excluding carboxylic acids is 1. The second kappa shape index (κ2) is 3.45. The lowest BCUT2D eigenvalue weighted by molar-refractivity contribution is -0.372. The smallest absolute Gasteiger partial charge is 0.283 e. The van der Waals surface area contributed by atoms with Crippen molar-refractivity contribution in [1.29, 1.82) is 0 Å². The van der Waals surface area contributed by atoms with Gasteiger partial charge in [0.1, 0.15) is 0 Å². The van der Waals surface area contributed by atoms with Crippen molar-refractivity contribution in [3.05, 3.63) is 0 Å². The van der Waals surface area contributed by atoms with Gasteiger partial charge in [-0.15, -0.1) is 0 Å². The highest BCUT2D eigenvalue weighted by Crippen LogP contribution is 2.46. The summed E-state index contributed by atoms with van der Waals surface area (Å²) in [4.78, 5) is 14.4. The van der Waals surface area contributed by atoms with Crippen LogP contribution in [0.2, 0.25) is 0 Å². The molecule has 0 aromatic heterocycles. The molecule has 0 aromatic rings. The molecule has 1 spiro atoms. The average Bonchev–Trinajstić information content (AvgIpc) is 2.35. The van der Waals surface area contributed by atoms with Crippen molar-refractivity contribution in [2.75, 3.05) is 6.79 Å². The van der Waals surface area contributed by atoms with Crippen LogP contribution < -0.4 is 0 Å². The minimum absolute atomic E-state index is 0.0174. The van der Waals surface area contributed by atoms with E-state index >= 15 is 0 Å². The van der Waals surface area contributed by atoms with E-state index in [-0.39, 0.29) is 29.7 Å². The van der Waals surface area contributed by atoms with Crippen LogP contribution in [0.3, 0.4) is 0 Å². The van der Waals surface area contributed by atoms with Crippen molar-refractivity contribution in [1.82, 2.24) is 4.90 Å². The van der Waals surface area contributed by atoms with Crippen molar-refractivity contribution < 1.29 is 14.3 Å². The van der Waals surface area contributed by atoms with Crippen molar-refractivity contribution in [2.24, 2.45) is 5.41 Å². The van der Waals surface area contributed by atoms with Gasteiger partial charge in [0, 0.05) is 18.0 Å². The summed E-state index contributed by atoms with van der Waals surface area (Å²) < 4.78 is 10.9. The molecule has 2 aliphatic heterocycles. The average molecular weight is 241 g/mol. The molecule has 2 aliphatic rings. The van der Waals surface area contributed by atoms with Crippen molar-refractivity contribution >= 4 is 5.91 Å². The van der Waals surface area contributed by atoms with Gasteiger partial charge in [-0.25, -0.2) is 0 Å². The predicted molar refractivity (Wildman–Crippen MR) is 64.2 cm³/mol. The number of nitrogens with zero attached hydrogens (tertiary/aromatic N) is 1. The quantitative estimate of drug-likeness (QED) is 0.652. The lowest BCUT2D eigenvalue weighted by Gasteiger charge is -2.42. The second-order valence-corrected chi connectivity index (χ2v) is 7.09. The highest BCUT2D eigenvalue weighted by Gasteiger charge is 2.62. The number of likely N-dealkylation sites (tertiary alicyclic amines) is 1. The van der Waals surface area contributed by atoms with E-state index in [2.05, 4.69) is 41.5 Å². The largest absolute Gasteiger partial charge is 0.329 e. The fraction of sp³-hybridized carbons (Fsp3) is 0.923. The highest BCUT2D eigenvalue weighted by molar-refractivity contribution is 5.87. The number of rotatable bonds is 0. The molecule has 1 amide bonds. The van der Waals surface area contributed by atoms with Crippen LogP contribution in [0.1, 0.15) is 48.0 Å². The zero-order chi connectivity index (χ0) is 13.1. The Morgan fingerprint density at radius 2 is 1.71 bits per heavy atom. The predicted octanol–water partition coefficient (Wildman–Crippen LogP) is 2.13. The number of hydrogen-bond donors (Lipinski definition) is 0. The lowest BCUT2D eigenvalue weighted by atomic mass is 9.83. The van der Waals surface area contributed by atoms with Crippen LogP contribution >= 0.6 is 0 Å². The van der Waals surface area contributed by atoms with E-state index in [0.717, 1.165) is 0 Å². The van der Waals surface area contributed by atoms with Crippen molar-refractivity contribution in [2.45, 2.75) is 65.3 Å². The van der Waals surface area contributed by atoms with Crippen LogP contribution in [0.4, 0.5) is 0 Å². The molecule has 1 atom stereocenters. The Labute approximate surface area is 103 Å². The molecular formula is C13H23NO3. The Kier molecular flexibility index (Phi) is 2.61. The molecule has 2 saturated heterocycles. The van der Waals surface area contributed by atoms with Gasteiger partial charge in [-0.05, 0) is 26.2 Å². The van der Waals surface area contributed by atoms with Crippen LogP contribution in [0.5, 0.6) is 0 Å². The maximum Gasteiger partial charge on any atom is 0.283 e. The summed E-state index contributed by atoms with van der Waals surface area (Å²) in [5.41, 5.74) is -0.185. The van der Waals surface area contributed by atoms with Gasteiger partial charge >= 0.3 is 0 Å². The van der Waals surface area contributed by atoms with Gasteiger partial charge < -0.3 is 14.4 Å². The number of carbonyl (C=O) groups is 1. The van der Waals surface area contributed by atoms with Crippen LogP contribution in [-0.4, -0.2) is 35.0 Å². The van der Waals surface area contributed by atoms with Crippen LogP contribution in [0.25, 0.3) is 0 Å². The summed E-state index contributed by atoms with van der Waals surface area (Å²) in [6, 6.07) is 0.148. The molecular weight excluding hydrogens is 218 g/mol. The topological polar surface area (TPSA) is 38.8 Å². The Balaban J connectivity index is 2.35. The lowest BCUT2D eigenvalue weighted by Crippen LogP contribution is -2.56. The van der Waals surface area contributed by atoms with E-state index < -0.39 is 5.79 Å². The first kappa shape index (κ1) is 12.8. The molecule has 0 bridgehead atoms. The fourth-order valence-corrected chi connectivity index (χ4v) is 2.67. The Morgan fingerprint density at radius 1 is 1.18 bits per heavy atom. The molecule has 2 rings (SSSR count). The molecule has 2 heterocycles. The summed E-state index contributed by atoms with van der Waals surface area (Å²) in [7, 11) is 0. The van der Waals surface area contributed by atoms with Gasteiger partial charge in [-0.3, -0.25) is 4.79 Å². The van der Waals surface area contributed by atoms with E-state index in [9.17, 15) is 4.79 Å². The van der Waals surface area contributed by atoms with Crippen LogP contribution in [-0.2, 0) is 14.3 Å². The van der Waals surface area contributed by atoms with Crippen molar-refractivity contribution in [3.63, 3.8) is 0 Å². The summed E-state index contributed by atoms with van der Waals surface area (Å²) >= 11 is 0. The van der Waals surface area contributed by atoms with Crippen molar-refractivity contribution in [3.8, 4) is 0 Å². The van der Waals surface area contributed by atoms with Gasteiger partial charge in [0.2, 0.25) is 0 Å². The van der Waals surface area contributed by atoms with E-state index in [0.29, 0.717) is 6.42 Å².